The summed E-state index contributed by atoms with van der Waals surface area (Å²) in [6.07, 6.45) is -5.28. The van der Waals surface area contributed by atoms with Gasteiger partial charge >= 0.3 is 17.8 Å². The van der Waals surface area contributed by atoms with E-state index in [1.54, 1.807) is 5.32 Å². The highest BCUT2D eigenvalue weighted by Crippen LogP contribution is 2.43. The van der Waals surface area contributed by atoms with E-state index in [0.29, 0.717) is 4.90 Å². The van der Waals surface area contributed by atoms with Gasteiger partial charge in [-0.3, -0.25) is 14.9 Å². The van der Waals surface area contributed by atoms with Crippen LogP contribution in [0, 0.1) is 10.1 Å². The fourth-order valence-corrected chi connectivity index (χ4v) is 3.33. The molecular formula is C17H12ClF3N2O6S. The number of nitrogens with one attached hydrogen (secondary N) is 1. The minimum absolute atomic E-state index is 0.00154. The number of carboxylic acids is 1. The van der Waals surface area contributed by atoms with Gasteiger partial charge in [0.2, 0.25) is 5.60 Å². The Bertz CT molecular complexity index is 1010. The molecule has 3 N–H and O–H groups in total. The first kappa shape index (κ1) is 23.4. The van der Waals surface area contributed by atoms with Crippen LogP contribution in [-0.4, -0.2) is 38.8 Å². The van der Waals surface area contributed by atoms with E-state index in [4.69, 9.17) is 16.7 Å². The zero-order valence-corrected chi connectivity index (χ0v) is 16.4. The molecule has 2 aromatic carbocycles. The molecule has 0 aliphatic rings. The minimum Gasteiger partial charge on any atom is -0.478 e. The summed E-state index contributed by atoms with van der Waals surface area (Å²) in [5, 5.41) is 30.9. The number of aliphatic hydroxyl groups is 1. The minimum atomic E-state index is -5.28. The Kier molecular flexibility index (Phi) is 6.64. The Morgan fingerprint density at radius 2 is 1.73 bits per heavy atom. The lowest BCUT2D eigenvalue weighted by Crippen LogP contribution is -2.52. The number of nitro groups is 1. The predicted octanol–water partition coefficient (Wildman–Crippen LogP) is 4.35. The number of aromatic carboxylic acids is 1. The second-order valence-corrected chi connectivity index (χ2v) is 7.48. The lowest BCUT2D eigenvalue weighted by atomic mass is 10.1. The summed E-state index contributed by atoms with van der Waals surface area (Å²) in [7, 11) is 0. The van der Waals surface area contributed by atoms with Crippen molar-refractivity contribution in [2.45, 2.75) is 28.5 Å². The van der Waals surface area contributed by atoms with Gasteiger partial charge in [-0.1, -0.05) is 23.4 Å². The van der Waals surface area contributed by atoms with E-state index in [9.17, 15) is 38.0 Å². The molecule has 30 heavy (non-hydrogen) atoms. The molecule has 0 saturated carbocycles. The molecule has 0 aliphatic heterocycles. The fraction of sp³-hybridized carbons (Fsp3) is 0.176. The van der Waals surface area contributed by atoms with Gasteiger partial charge in [-0.05, 0) is 43.3 Å². The first-order chi connectivity index (χ1) is 13.8. The number of nitrogens with zero attached hydrogens (tertiary/aromatic N) is 1. The zero-order valence-electron chi connectivity index (χ0n) is 14.9. The summed E-state index contributed by atoms with van der Waals surface area (Å²) in [5.74, 6) is -3.02. The number of carboxylic acid groups (broad SMARTS) is 1. The van der Waals surface area contributed by atoms with Gasteiger partial charge in [0, 0.05) is 4.90 Å². The third kappa shape index (κ3) is 4.83. The van der Waals surface area contributed by atoms with Crippen molar-refractivity contribution >= 4 is 46.6 Å². The van der Waals surface area contributed by atoms with E-state index < -0.39 is 45.0 Å². The summed E-state index contributed by atoms with van der Waals surface area (Å²) < 4.78 is 38.4. The molecule has 0 unspecified atom stereocenters. The van der Waals surface area contributed by atoms with Gasteiger partial charge < -0.3 is 15.5 Å². The largest absolute Gasteiger partial charge is 0.478 e. The van der Waals surface area contributed by atoms with Crippen molar-refractivity contribution in [2.24, 2.45) is 0 Å². The molecule has 13 heteroatoms. The highest BCUT2D eigenvalue weighted by Gasteiger charge is 2.56. The van der Waals surface area contributed by atoms with E-state index in [1.165, 1.54) is 24.3 Å². The van der Waals surface area contributed by atoms with Gasteiger partial charge in [-0.2, -0.15) is 13.2 Å². The number of anilines is 1. The number of hydrogen-bond donors (Lipinski definition) is 3. The van der Waals surface area contributed by atoms with Crippen LogP contribution in [0.5, 0.6) is 0 Å². The van der Waals surface area contributed by atoms with Crippen molar-refractivity contribution in [1.29, 1.82) is 0 Å². The third-order valence-corrected chi connectivity index (χ3v) is 5.27. The van der Waals surface area contributed by atoms with E-state index in [0.717, 1.165) is 23.9 Å². The molecule has 2 rings (SSSR count). The highest BCUT2D eigenvalue weighted by atomic mass is 35.5. The number of carbonyl (C=O) groups is 2. The van der Waals surface area contributed by atoms with Crippen molar-refractivity contribution in [3.63, 3.8) is 0 Å². The quantitative estimate of drug-likeness (QED) is 0.428. The van der Waals surface area contributed by atoms with Gasteiger partial charge in [-0.25, -0.2) is 4.79 Å². The van der Waals surface area contributed by atoms with Crippen molar-refractivity contribution < 1.29 is 37.9 Å². The van der Waals surface area contributed by atoms with Crippen LogP contribution in [0.15, 0.2) is 46.2 Å². The maximum absolute atomic E-state index is 12.8. The van der Waals surface area contributed by atoms with Crippen LogP contribution >= 0.6 is 23.4 Å². The average Bonchev–Trinajstić information content (AvgIpc) is 2.63. The van der Waals surface area contributed by atoms with Crippen molar-refractivity contribution in [2.75, 3.05) is 5.32 Å². The van der Waals surface area contributed by atoms with Gasteiger partial charge in [0.1, 0.15) is 5.02 Å². The topological polar surface area (TPSA) is 130 Å². The van der Waals surface area contributed by atoms with Crippen LogP contribution in [0.1, 0.15) is 17.3 Å². The number of halogens is 4. The molecule has 2 aromatic rings. The third-order valence-electron chi connectivity index (χ3n) is 3.83. The second-order valence-electron chi connectivity index (χ2n) is 5.99. The Labute approximate surface area is 175 Å². The monoisotopic (exact) mass is 464 g/mol. The molecule has 160 valence electrons. The molecule has 0 fully saturated rings. The molecule has 0 aliphatic carbocycles. The molecule has 0 spiro atoms. The van der Waals surface area contributed by atoms with Crippen LogP contribution in [0.25, 0.3) is 0 Å². The maximum Gasteiger partial charge on any atom is 0.426 e. The van der Waals surface area contributed by atoms with Gasteiger partial charge in [0.05, 0.1) is 21.1 Å². The normalized spacial score (nSPS) is 13.4. The van der Waals surface area contributed by atoms with Crippen LogP contribution < -0.4 is 5.32 Å². The molecular weight excluding hydrogens is 453 g/mol. The predicted molar refractivity (Wildman–Crippen MR) is 101 cm³/mol. The van der Waals surface area contributed by atoms with Crippen LogP contribution in [0.2, 0.25) is 5.02 Å². The first-order valence-corrected chi connectivity index (χ1v) is 9.03. The lowest BCUT2D eigenvalue weighted by molar-refractivity contribution is -0.387. The number of rotatable bonds is 6. The number of nitro benzene ring substituents is 1. The summed E-state index contributed by atoms with van der Waals surface area (Å²) in [6, 6.07) is 7.58. The Hall–Kier alpha value is -2.83. The van der Waals surface area contributed by atoms with E-state index >= 15 is 0 Å². The molecule has 0 bridgehead atoms. The van der Waals surface area contributed by atoms with Crippen LogP contribution in [0.4, 0.5) is 24.5 Å². The van der Waals surface area contributed by atoms with Crippen molar-refractivity contribution in [3.8, 4) is 0 Å². The lowest BCUT2D eigenvalue weighted by Gasteiger charge is -2.25. The van der Waals surface area contributed by atoms with E-state index in [1.807, 2.05) is 0 Å². The molecule has 1 atom stereocenters. The molecule has 0 heterocycles. The number of carbonyl (C=O) groups excluding carboxylic acids is 1. The van der Waals surface area contributed by atoms with Gasteiger partial charge in [0.15, 0.2) is 0 Å². The Morgan fingerprint density at radius 3 is 2.20 bits per heavy atom. The SMILES string of the molecule is C[C@@](O)(C(=O)Nc1ccc(Sc2ccc(C(=O)O)cc2)c([N+](=O)[O-])c1Cl)C(F)(F)F. The van der Waals surface area contributed by atoms with Crippen LogP contribution in [0.3, 0.4) is 0 Å². The van der Waals surface area contributed by atoms with Gasteiger partial charge in [0.25, 0.3) is 5.91 Å². The second kappa shape index (κ2) is 8.50. The fourth-order valence-electron chi connectivity index (χ4n) is 2.06. The first-order valence-electron chi connectivity index (χ1n) is 7.84. The number of benzene rings is 2. The van der Waals surface area contributed by atoms with Crippen molar-refractivity contribution in [3.05, 3.63) is 57.1 Å². The number of alkyl halides is 3. The number of hydrogen-bond acceptors (Lipinski definition) is 6. The highest BCUT2D eigenvalue weighted by molar-refractivity contribution is 7.99. The smallest absolute Gasteiger partial charge is 0.426 e. The molecule has 1 amide bonds. The van der Waals surface area contributed by atoms with Crippen LogP contribution in [-0.2, 0) is 4.79 Å². The molecule has 0 saturated heterocycles. The standard InChI is InChI=1S/C17H12ClF3N2O6S/c1-16(27,17(19,20)21)15(26)22-10-6-7-11(13(12(10)18)23(28)29)30-9-4-2-8(3-5-9)14(24)25/h2-7,27H,1H3,(H,22,26)(H,24,25)/t16-/m1/s1. The zero-order chi connectivity index (χ0) is 22.9. The summed E-state index contributed by atoms with van der Waals surface area (Å²) in [6.45, 7) is 0.232. The summed E-state index contributed by atoms with van der Waals surface area (Å²) in [5.41, 5.74) is -4.93. The molecule has 0 radical (unpaired) electrons. The van der Waals surface area contributed by atoms with E-state index in [2.05, 4.69) is 0 Å². The van der Waals surface area contributed by atoms with Crippen molar-refractivity contribution in [1.82, 2.24) is 0 Å². The molecule has 8 nitrogen and oxygen atoms in total. The Balaban J connectivity index is 2.38. The Morgan fingerprint density at radius 1 is 1.17 bits per heavy atom. The van der Waals surface area contributed by atoms with E-state index in [-0.39, 0.29) is 17.4 Å². The maximum atomic E-state index is 12.8. The number of amides is 1. The average molecular weight is 465 g/mol. The summed E-state index contributed by atoms with van der Waals surface area (Å²) in [4.78, 5) is 33.7. The molecule has 0 aromatic heterocycles. The van der Waals surface area contributed by atoms with Gasteiger partial charge in [-0.15, -0.1) is 0 Å². The summed E-state index contributed by atoms with van der Waals surface area (Å²) >= 11 is 6.79.